The molecule has 0 radical (unpaired) electrons. The first-order chi connectivity index (χ1) is 8.58. The van der Waals surface area contributed by atoms with Gasteiger partial charge in [0.25, 0.3) is 0 Å². The minimum atomic E-state index is -0.556. The van der Waals surface area contributed by atoms with Gasteiger partial charge in [0.05, 0.1) is 18.0 Å². The fourth-order valence-corrected chi connectivity index (χ4v) is 1.66. The van der Waals surface area contributed by atoms with Crippen LogP contribution in [-0.4, -0.2) is 10.1 Å². The van der Waals surface area contributed by atoms with E-state index in [1.54, 1.807) is 19.2 Å². The van der Waals surface area contributed by atoms with E-state index >= 15 is 0 Å². The quantitative estimate of drug-likeness (QED) is 0.896. The monoisotopic (exact) mass is 243 g/mol. The Morgan fingerprint density at radius 1 is 1.17 bits per heavy atom. The summed E-state index contributed by atoms with van der Waals surface area (Å²) < 4.78 is 5.78. The van der Waals surface area contributed by atoms with Crippen molar-refractivity contribution in [3.8, 4) is 11.5 Å². The number of rotatable bonds is 3. The topological polar surface area (TPSA) is 42.4 Å². The maximum atomic E-state index is 9.38. The SMILES string of the molecule is Cc1cccc(Oc2ccc(C(C)O)nc2)c1C. The third-order valence-corrected chi connectivity index (χ3v) is 2.97. The van der Waals surface area contributed by atoms with Crippen molar-refractivity contribution in [2.24, 2.45) is 0 Å². The van der Waals surface area contributed by atoms with Crippen molar-refractivity contribution in [1.82, 2.24) is 4.98 Å². The van der Waals surface area contributed by atoms with E-state index in [1.165, 1.54) is 5.56 Å². The predicted octanol–water partition coefficient (Wildman–Crippen LogP) is 3.54. The van der Waals surface area contributed by atoms with Gasteiger partial charge in [-0.1, -0.05) is 12.1 Å². The lowest BCUT2D eigenvalue weighted by atomic mass is 10.1. The van der Waals surface area contributed by atoms with Crippen LogP contribution in [0.15, 0.2) is 36.5 Å². The lowest BCUT2D eigenvalue weighted by Gasteiger charge is -2.11. The van der Waals surface area contributed by atoms with Gasteiger partial charge in [-0.15, -0.1) is 0 Å². The number of nitrogens with zero attached hydrogens (tertiary/aromatic N) is 1. The summed E-state index contributed by atoms with van der Waals surface area (Å²) in [5, 5.41) is 9.38. The standard InChI is InChI=1S/C15H17NO2/c1-10-5-4-6-15(11(10)2)18-13-7-8-14(12(3)17)16-9-13/h4-9,12,17H,1-3H3. The normalized spacial score (nSPS) is 12.2. The molecule has 2 rings (SSSR count). The van der Waals surface area contributed by atoms with Crippen molar-refractivity contribution in [3.05, 3.63) is 53.3 Å². The minimum Gasteiger partial charge on any atom is -0.455 e. The summed E-state index contributed by atoms with van der Waals surface area (Å²) in [4.78, 5) is 4.15. The number of hydrogen-bond donors (Lipinski definition) is 1. The Kier molecular flexibility index (Phi) is 3.63. The fraction of sp³-hybridized carbons (Fsp3) is 0.267. The maximum Gasteiger partial charge on any atom is 0.145 e. The van der Waals surface area contributed by atoms with Crippen LogP contribution in [-0.2, 0) is 0 Å². The van der Waals surface area contributed by atoms with E-state index in [1.807, 2.05) is 25.1 Å². The van der Waals surface area contributed by atoms with Crippen LogP contribution in [0.4, 0.5) is 0 Å². The number of aryl methyl sites for hydroxylation is 1. The smallest absolute Gasteiger partial charge is 0.145 e. The van der Waals surface area contributed by atoms with Crippen molar-refractivity contribution in [1.29, 1.82) is 0 Å². The van der Waals surface area contributed by atoms with Crippen LogP contribution in [0.2, 0.25) is 0 Å². The Balaban J connectivity index is 2.21. The average molecular weight is 243 g/mol. The molecule has 0 saturated heterocycles. The molecular formula is C15H17NO2. The number of aromatic nitrogens is 1. The fourth-order valence-electron chi connectivity index (χ4n) is 1.66. The zero-order valence-electron chi connectivity index (χ0n) is 10.8. The van der Waals surface area contributed by atoms with Gasteiger partial charge in [-0.05, 0) is 50.1 Å². The average Bonchev–Trinajstić information content (AvgIpc) is 2.36. The number of benzene rings is 1. The van der Waals surface area contributed by atoms with Crippen LogP contribution >= 0.6 is 0 Å². The summed E-state index contributed by atoms with van der Waals surface area (Å²) in [6, 6.07) is 9.54. The van der Waals surface area contributed by atoms with Crippen LogP contribution in [0.3, 0.4) is 0 Å². The maximum absolute atomic E-state index is 9.38. The van der Waals surface area contributed by atoms with Crippen molar-refractivity contribution in [2.75, 3.05) is 0 Å². The van der Waals surface area contributed by atoms with E-state index in [4.69, 9.17) is 4.74 Å². The van der Waals surface area contributed by atoms with Crippen molar-refractivity contribution in [2.45, 2.75) is 26.9 Å². The summed E-state index contributed by atoms with van der Waals surface area (Å²) in [5.74, 6) is 1.51. The third-order valence-electron chi connectivity index (χ3n) is 2.97. The van der Waals surface area contributed by atoms with E-state index in [-0.39, 0.29) is 0 Å². The molecule has 0 saturated carbocycles. The number of hydrogen-bond acceptors (Lipinski definition) is 3. The van der Waals surface area contributed by atoms with Gasteiger partial charge in [0.2, 0.25) is 0 Å². The van der Waals surface area contributed by atoms with Crippen LogP contribution in [0.25, 0.3) is 0 Å². The molecule has 0 aliphatic heterocycles. The summed E-state index contributed by atoms with van der Waals surface area (Å²) >= 11 is 0. The second-order valence-corrected chi connectivity index (χ2v) is 4.39. The van der Waals surface area contributed by atoms with Gasteiger partial charge in [-0.2, -0.15) is 0 Å². The Bertz CT molecular complexity index is 533. The van der Waals surface area contributed by atoms with Crippen LogP contribution < -0.4 is 4.74 Å². The number of aliphatic hydroxyl groups excluding tert-OH is 1. The number of pyridine rings is 1. The molecule has 0 aliphatic carbocycles. The second kappa shape index (κ2) is 5.19. The highest BCUT2D eigenvalue weighted by molar-refractivity contribution is 5.41. The summed E-state index contributed by atoms with van der Waals surface area (Å²) in [5.41, 5.74) is 2.96. The third kappa shape index (κ3) is 2.68. The Hall–Kier alpha value is -1.87. The van der Waals surface area contributed by atoms with Crippen molar-refractivity contribution >= 4 is 0 Å². The molecule has 94 valence electrons. The van der Waals surface area contributed by atoms with Gasteiger partial charge in [0.1, 0.15) is 11.5 Å². The zero-order valence-corrected chi connectivity index (χ0v) is 10.8. The Morgan fingerprint density at radius 2 is 1.94 bits per heavy atom. The zero-order chi connectivity index (χ0) is 13.1. The second-order valence-electron chi connectivity index (χ2n) is 4.39. The molecule has 0 bridgehead atoms. The lowest BCUT2D eigenvalue weighted by Crippen LogP contribution is -1.96. The number of aliphatic hydroxyl groups is 1. The van der Waals surface area contributed by atoms with Crippen molar-refractivity contribution < 1.29 is 9.84 Å². The molecule has 1 aromatic carbocycles. The van der Waals surface area contributed by atoms with Crippen LogP contribution in [0.1, 0.15) is 29.8 Å². The molecule has 0 amide bonds. The first-order valence-corrected chi connectivity index (χ1v) is 5.96. The van der Waals surface area contributed by atoms with E-state index in [9.17, 15) is 5.11 Å². The van der Waals surface area contributed by atoms with Crippen LogP contribution in [0.5, 0.6) is 11.5 Å². The molecule has 1 heterocycles. The van der Waals surface area contributed by atoms with Gasteiger partial charge >= 0.3 is 0 Å². The first-order valence-electron chi connectivity index (χ1n) is 5.96. The van der Waals surface area contributed by atoms with Crippen molar-refractivity contribution in [3.63, 3.8) is 0 Å². The van der Waals surface area contributed by atoms with Gasteiger partial charge < -0.3 is 9.84 Å². The van der Waals surface area contributed by atoms with Gasteiger partial charge in [-0.25, -0.2) is 0 Å². The van der Waals surface area contributed by atoms with Gasteiger partial charge in [-0.3, -0.25) is 4.98 Å². The molecule has 3 nitrogen and oxygen atoms in total. The first kappa shape index (κ1) is 12.6. The molecule has 0 spiro atoms. The van der Waals surface area contributed by atoms with Gasteiger partial charge in [0.15, 0.2) is 0 Å². The summed E-state index contributed by atoms with van der Waals surface area (Å²) in [6.45, 7) is 5.77. The number of ether oxygens (including phenoxy) is 1. The highest BCUT2D eigenvalue weighted by Crippen LogP contribution is 2.26. The molecule has 0 fully saturated rings. The highest BCUT2D eigenvalue weighted by Gasteiger charge is 2.05. The predicted molar refractivity (Wildman–Crippen MR) is 70.9 cm³/mol. The lowest BCUT2D eigenvalue weighted by molar-refractivity contribution is 0.194. The molecule has 2 aromatic rings. The summed E-state index contributed by atoms with van der Waals surface area (Å²) in [7, 11) is 0. The molecule has 1 N–H and O–H groups in total. The van der Waals surface area contributed by atoms with Gasteiger partial charge in [0, 0.05) is 0 Å². The minimum absolute atomic E-state index is 0.556. The molecule has 1 unspecified atom stereocenters. The molecule has 1 aromatic heterocycles. The Labute approximate surface area is 107 Å². The Morgan fingerprint density at radius 3 is 2.56 bits per heavy atom. The van der Waals surface area contributed by atoms with E-state index < -0.39 is 6.10 Å². The van der Waals surface area contributed by atoms with E-state index in [0.717, 1.165) is 11.3 Å². The molecular weight excluding hydrogens is 226 g/mol. The van der Waals surface area contributed by atoms with E-state index in [0.29, 0.717) is 11.4 Å². The molecule has 1 atom stereocenters. The molecule has 18 heavy (non-hydrogen) atoms. The van der Waals surface area contributed by atoms with E-state index in [2.05, 4.69) is 18.0 Å². The largest absolute Gasteiger partial charge is 0.455 e. The summed E-state index contributed by atoms with van der Waals surface area (Å²) in [6.07, 6.45) is 1.07. The van der Waals surface area contributed by atoms with Crippen LogP contribution in [0, 0.1) is 13.8 Å². The highest BCUT2D eigenvalue weighted by atomic mass is 16.5. The molecule has 0 aliphatic rings. The molecule has 3 heteroatoms.